The Morgan fingerprint density at radius 2 is 1.96 bits per heavy atom. The van der Waals surface area contributed by atoms with Crippen LogP contribution in [0, 0.1) is 0 Å². The molecule has 1 aromatic rings. The first-order valence-corrected chi connectivity index (χ1v) is 7.94. The van der Waals surface area contributed by atoms with Crippen molar-refractivity contribution >= 4 is 46.1 Å². The molecule has 8 nitrogen and oxygen atoms in total. The van der Waals surface area contributed by atoms with Crippen LogP contribution in [0.15, 0.2) is 32.5 Å². The smallest absolute Gasteiger partial charge is 0.741 e. The fourth-order valence-electron chi connectivity index (χ4n) is 1.46. The van der Waals surface area contributed by atoms with E-state index in [0.717, 1.165) is 5.69 Å². The molecule has 0 amide bonds. The van der Waals surface area contributed by atoms with Crippen LogP contribution in [0.2, 0.25) is 0 Å². The minimum absolute atomic E-state index is 0. The first-order chi connectivity index (χ1) is 10.5. The molecule has 0 atom stereocenters. The summed E-state index contributed by atoms with van der Waals surface area (Å²) in [5, 5.41) is 13.7. The van der Waals surface area contributed by atoms with Crippen molar-refractivity contribution in [1.29, 1.82) is 0 Å². The molecule has 0 fully saturated rings. The van der Waals surface area contributed by atoms with Crippen molar-refractivity contribution in [2.24, 2.45) is 27.2 Å². The fraction of sp³-hybridized carbons (Fsp3) is 0.417. The largest absolute Gasteiger partial charge is 1.00 e. The van der Waals surface area contributed by atoms with Crippen molar-refractivity contribution in [2.45, 2.75) is 6.92 Å². The van der Waals surface area contributed by atoms with E-state index in [-0.39, 0.29) is 17.1 Å². The predicted octanol–water partition coefficient (Wildman–Crippen LogP) is 0.558. The number of thioether (sulfide) groups is 1. The van der Waals surface area contributed by atoms with E-state index >= 15 is 0 Å². The molecule has 23 heavy (non-hydrogen) atoms. The molecule has 0 aliphatic carbocycles. The molecular weight excluding hydrogens is 384 g/mol. The molecule has 1 heterocycles. The standard InChI is InChI=1S/C12H20N8S2.Cu/c1-8(16-19-12(14-3)22-5)10(17-18-11(21)13-2)9-6-7-15-20(9)4;/h6-7H,1-5H3,(H,14,19)(H2,13,18,21);/q;+1/p-1/b16-8+,17-10-;. The van der Waals surface area contributed by atoms with Crippen molar-refractivity contribution in [1.82, 2.24) is 20.6 Å². The Morgan fingerprint density at radius 1 is 1.26 bits per heavy atom. The summed E-state index contributed by atoms with van der Waals surface area (Å²) in [6.07, 6.45) is 3.61. The quantitative estimate of drug-likeness (QED) is 0.252. The van der Waals surface area contributed by atoms with E-state index in [2.05, 4.69) is 36.1 Å². The Balaban J connectivity index is 0.00000484. The molecule has 1 rings (SSSR count). The van der Waals surface area contributed by atoms with Crippen LogP contribution in [0.25, 0.3) is 0 Å². The third-order valence-corrected chi connectivity index (χ3v) is 3.52. The molecule has 0 spiro atoms. The molecule has 1 aromatic heterocycles. The monoisotopic (exact) mass is 402 g/mol. The van der Waals surface area contributed by atoms with E-state index in [4.69, 9.17) is 12.6 Å². The Hall–Kier alpha value is -1.42. The number of hydrazone groups is 2. The van der Waals surface area contributed by atoms with E-state index < -0.39 is 0 Å². The van der Waals surface area contributed by atoms with Crippen molar-refractivity contribution in [2.75, 3.05) is 20.4 Å². The molecule has 0 bridgehead atoms. The van der Waals surface area contributed by atoms with Crippen LogP contribution in [0.1, 0.15) is 12.6 Å². The second-order valence-corrected chi connectivity index (χ2v) is 5.16. The van der Waals surface area contributed by atoms with Crippen LogP contribution in [-0.2, 0) is 36.7 Å². The molecule has 130 valence electrons. The van der Waals surface area contributed by atoms with Crippen LogP contribution < -0.4 is 10.9 Å². The number of rotatable bonds is 4. The number of hydrogen-bond donors (Lipinski definition) is 2. The van der Waals surface area contributed by atoms with Crippen LogP contribution >= 0.6 is 11.8 Å². The van der Waals surface area contributed by atoms with Crippen molar-refractivity contribution in [3.8, 4) is 0 Å². The van der Waals surface area contributed by atoms with Gasteiger partial charge in [-0.1, -0.05) is 11.8 Å². The summed E-state index contributed by atoms with van der Waals surface area (Å²) in [6.45, 7) is 1.83. The number of amidine groups is 2. The number of aromatic nitrogens is 2. The predicted molar refractivity (Wildman–Crippen MR) is 96.7 cm³/mol. The second kappa shape index (κ2) is 11.2. The molecule has 11 heteroatoms. The summed E-state index contributed by atoms with van der Waals surface area (Å²) in [6, 6.07) is 1.84. The van der Waals surface area contributed by atoms with Crippen LogP contribution in [0.4, 0.5) is 0 Å². The third-order valence-electron chi connectivity index (χ3n) is 2.59. The zero-order chi connectivity index (χ0) is 16.5. The second-order valence-electron chi connectivity index (χ2n) is 3.98. The average molecular weight is 403 g/mol. The molecule has 0 saturated heterocycles. The van der Waals surface area contributed by atoms with Crippen LogP contribution in [0.5, 0.6) is 0 Å². The minimum Gasteiger partial charge on any atom is -0.741 e. The summed E-state index contributed by atoms with van der Waals surface area (Å²) in [7, 11) is 5.12. The van der Waals surface area contributed by atoms with E-state index in [1.807, 2.05) is 26.3 Å². The van der Waals surface area contributed by atoms with E-state index in [1.54, 1.807) is 25.0 Å². The number of hydrogen-bond acceptors (Lipinski definition) is 7. The fourth-order valence-corrected chi connectivity index (χ4v) is 1.82. The summed E-state index contributed by atoms with van der Waals surface area (Å²) >= 11 is 6.45. The topological polar surface area (TPSA) is 91.3 Å². The van der Waals surface area contributed by atoms with Gasteiger partial charge in [0.2, 0.25) is 0 Å². The van der Waals surface area contributed by atoms with E-state index in [0.29, 0.717) is 21.8 Å². The van der Waals surface area contributed by atoms with Gasteiger partial charge in [0, 0.05) is 27.3 Å². The van der Waals surface area contributed by atoms with Crippen LogP contribution in [-0.4, -0.2) is 51.9 Å². The van der Waals surface area contributed by atoms with E-state index in [1.165, 1.54) is 11.8 Å². The molecule has 0 aliphatic rings. The molecule has 0 aliphatic heterocycles. The zero-order valence-electron chi connectivity index (χ0n) is 13.5. The molecule has 0 unspecified atom stereocenters. The Morgan fingerprint density at radius 3 is 2.43 bits per heavy atom. The van der Waals surface area contributed by atoms with E-state index in [9.17, 15) is 0 Å². The molecule has 0 aromatic carbocycles. The summed E-state index contributed by atoms with van der Waals surface area (Å²) < 4.78 is 1.70. The van der Waals surface area contributed by atoms with Crippen molar-refractivity contribution in [3.05, 3.63) is 18.0 Å². The maximum atomic E-state index is 4.98. The number of aliphatic imine (C=N–C) groups is 2. The zero-order valence-corrected chi connectivity index (χ0v) is 16.0. The van der Waals surface area contributed by atoms with Crippen LogP contribution in [0.3, 0.4) is 0 Å². The summed E-state index contributed by atoms with van der Waals surface area (Å²) in [5.74, 6) is 0. The molecule has 0 radical (unpaired) electrons. The van der Waals surface area contributed by atoms with Gasteiger partial charge in [-0.2, -0.15) is 15.3 Å². The third kappa shape index (κ3) is 6.69. The SMILES string of the molecule is CN=C([S-])N/N=C(/C(C)=N/NC(=NC)SC)c1ccnn1C.[Cu+]. The normalized spacial score (nSPS) is 13.6. The number of nitrogens with one attached hydrogen (secondary N) is 2. The molecule has 0 saturated carbocycles. The Labute approximate surface area is 156 Å². The van der Waals surface area contributed by atoms with Gasteiger partial charge in [0.25, 0.3) is 0 Å². The first-order valence-electron chi connectivity index (χ1n) is 6.30. The minimum atomic E-state index is 0. The van der Waals surface area contributed by atoms with Gasteiger partial charge < -0.3 is 12.6 Å². The molecule has 2 N–H and O–H groups in total. The number of nitrogens with zero attached hydrogens (tertiary/aromatic N) is 6. The maximum Gasteiger partial charge on any atom is 1.00 e. The maximum absolute atomic E-state index is 4.98. The summed E-state index contributed by atoms with van der Waals surface area (Å²) in [5.41, 5.74) is 7.66. The Kier molecular flexibility index (Phi) is 10.5. The average Bonchev–Trinajstić information content (AvgIpc) is 2.94. The summed E-state index contributed by atoms with van der Waals surface area (Å²) in [4.78, 5) is 7.90. The van der Waals surface area contributed by atoms with Gasteiger partial charge in [-0.05, 0) is 24.4 Å². The van der Waals surface area contributed by atoms with Gasteiger partial charge in [0.05, 0.1) is 11.4 Å². The Bertz CT molecular complexity index is 620. The number of aryl methyl sites for hydroxylation is 1. The van der Waals surface area contributed by atoms with Gasteiger partial charge in [0.15, 0.2) is 5.17 Å². The van der Waals surface area contributed by atoms with Crippen molar-refractivity contribution in [3.63, 3.8) is 0 Å². The van der Waals surface area contributed by atoms with Crippen molar-refractivity contribution < 1.29 is 17.1 Å². The first kappa shape index (κ1) is 21.6. The van der Waals surface area contributed by atoms with Gasteiger partial charge in [-0.3, -0.25) is 25.5 Å². The van der Waals surface area contributed by atoms with Gasteiger partial charge in [-0.25, -0.2) is 0 Å². The van der Waals surface area contributed by atoms with Gasteiger partial charge in [0.1, 0.15) is 5.71 Å². The van der Waals surface area contributed by atoms with Gasteiger partial charge in [-0.15, -0.1) is 0 Å². The van der Waals surface area contributed by atoms with Gasteiger partial charge >= 0.3 is 17.1 Å². The molecular formula is C12H19CuN8S2.